The average Bonchev–Trinajstić information content (AvgIpc) is 2.56. The number of benzene rings is 1. The Kier molecular flexibility index (Phi) is 5.55. The summed E-state index contributed by atoms with van der Waals surface area (Å²) in [6.07, 6.45) is 1.45. The summed E-state index contributed by atoms with van der Waals surface area (Å²) in [5, 5.41) is 9.46. The first-order chi connectivity index (χ1) is 11.7. The molecule has 2 rings (SSSR count). The van der Waals surface area contributed by atoms with Crippen molar-refractivity contribution in [2.24, 2.45) is 0 Å². The highest BCUT2D eigenvalue weighted by Gasteiger charge is 2.41. The SMILES string of the molecule is CC(C)[Si](C#Cc1coc2ccc(C#N)cc2c1=O)(C(C)C)C(C)C. The Balaban J connectivity index is 2.65. The third-order valence-electron chi connectivity index (χ3n) is 5.18. The van der Waals surface area contributed by atoms with Crippen molar-refractivity contribution in [1.29, 1.82) is 5.26 Å². The zero-order valence-electron chi connectivity index (χ0n) is 15.8. The van der Waals surface area contributed by atoms with Crippen LogP contribution < -0.4 is 5.43 Å². The van der Waals surface area contributed by atoms with Crippen LogP contribution in [-0.2, 0) is 0 Å². The standard InChI is InChI=1S/C21H25NO2Si/c1-14(2)25(15(3)4,16(5)6)10-9-18-13-24-20-8-7-17(12-22)11-19(20)21(18)23/h7-8,11,13-16H,1-6H3. The number of nitrogens with zero attached hydrogens (tertiary/aromatic N) is 1. The first kappa shape index (κ1) is 19.0. The first-order valence-electron chi connectivity index (χ1n) is 8.72. The van der Waals surface area contributed by atoms with Crippen molar-refractivity contribution >= 4 is 19.0 Å². The summed E-state index contributed by atoms with van der Waals surface area (Å²) in [7, 11) is -1.91. The molecule has 4 heteroatoms. The van der Waals surface area contributed by atoms with Crippen LogP contribution in [-0.4, -0.2) is 8.07 Å². The van der Waals surface area contributed by atoms with Gasteiger partial charge in [-0.1, -0.05) is 47.5 Å². The van der Waals surface area contributed by atoms with Gasteiger partial charge in [-0.15, -0.1) is 5.54 Å². The Bertz CT molecular complexity index is 914. The topological polar surface area (TPSA) is 54.0 Å². The van der Waals surface area contributed by atoms with E-state index in [1.807, 2.05) is 0 Å². The van der Waals surface area contributed by atoms with E-state index in [2.05, 4.69) is 59.1 Å². The molecule has 0 unspecified atom stereocenters. The van der Waals surface area contributed by atoms with E-state index in [9.17, 15) is 4.79 Å². The molecule has 0 aliphatic rings. The van der Waals surface area contributed by atoms with Crippen LogP contribution in [0.1, 0.15) is 52.7 Å². The Morgan fingerprint density at radius 3 is 2.16 bits per heavy atom. The lowest BCUT2D eigenvalue weighted by Gasteiger charge is -2.38. The van der Waals surface area contributed by atoms with Gasteiger partial charge in [0.05, 0.1) is 17.0 Å². The van der Waals surface area contributed by atoms with E-state index >= 15 is 0 Å². The second-order valence-electron chi connectivity index (χ2n) is 7.45. The quantitative estimate of drug-likeness (QED) is 0.561. The lowest BCUT2D eigenvalue weighted by Crippen LogP contribution is -2.43. The van der Waals surface area contributed by atoms with Gasteiger partial charge in [0.1, 0.15) is 25.5 Å². The molecule has 2 aromatic rings. The summed E-state index contributed by atoms with van der Waals surface area (Å²) in [6, 6.07) is 6.93. The molecule has 1 aromatic carbocycles. The average molecular weight is 352 g/mol. The number of hydrogen-bond donors (Lipinski definition) is 0. The maximum absolute atomic E-state index is 12.8. The highest BCUT2D eigenvalue weighted by atomic mass is 28.3. The molecule has 0 spiro atoms. The van der Waals surface area contributed by atoms with Crippen molar-refractivity contribution in [2.45, 2.75) is 58.2 Å². The zero-order valence-corrected chi connectivity index (χ0v) is 16.8. The van der Waals surface area contributed by atoms with E-state index in [0.717, 1.165) is 0 Å². The van der Waals surface area contributed by atoms with Gasteiger partial charge in [-0.25, -0.2) is 0 Å². The minimum atomic E-state index is -1.91. The van der Waals surface area contributed by atoms with Crippen LogP contribution in [0, 0.1) is 22.8 Å². The number of nitriles is 1. The molecule has 0 radical (unpaired) electrons. The van der Waals surface area contributed by atoms with Gasteiger partial charge in [-0.05, 0) is 34.8 Å². The molecule has 0 N–H and O–H groups in total. The summed E-state index contributed by atoms with van der Waals surface area (Å²) in [5.74, 6) is 3.15. The Morgan fingerprint density at radius 2 is 1.64 bits per heavy atom. The van der Waals surface area contributed by atoms with E-state index in [1.165, 1.54) is 6.26 Å². The van der Waals surface area contributed by atoms with E-state index < -0.39 is 8.07 Å². The zero-order chi connectivity index (χ0) is 18.8. The fourth-order valence-corrected chi connectivity index (χ4v) is 9.11. The van der Waals surface area contributed by atoms with E-state index in [-0.39, 0.29) is 5.43 Å². The van der Waals surface area contributed by atoms with Gasteiger partial charge in [0.25, 0.3) is 0 Å². The highest BCUT2D eigenvalue weighted by molar-refractivity contribution is 6.90. The summed E-state index contributed by atoms with van der Waals surface area (Å²) in [4.78, 5) is 12.8. The van der Waals surface area contributed by atoms with Crippen molar-refractivity contribution in [2.75, 3.05) is 0 Å². The molecular weight excluding hydrogens is 326 g/mol. The number of fused-ring (bicyclic) bond motifs is 1. The largest absolute Gasteiger partial charge is 0.463 e. The molecule has 0 bridgehead atoms. The summed E-state index contributed by atoms with van der Waals surface area (Å²) < 4.78 is 5.57. The van der Waals surface area contributed by atoms with Crippen molar-refractivity contribution in [1.82, 2.24) is 0 Å². The predicted molar refractivity (Wildman–Crippen MR) is 105 cm³/mol. The lowest BCUT2D eigenvalue weighted by molar-refractivity contribution is 0.600. The third-order valence-corrected chi connectivity index (χ3v) is 11.5. The molecule has 3 nitrogen and oxygen atoms in total. The molecule has 0 aliphatic heterocycles. The van der Waals surface area contributed by atoms with Crippen molar-refractivity contribution in [3.05, 3.63) is 45.8 Å². The Hall–Kier alpha value is -2.30. The molecule has 130 valence electrons. The molecule has 0 atom stereocenters. The molecule has 0 aliphatic carbocycles. The van der Waals surface area contributed by atoms with E-state index in [0.29, 0.717) is 38.7 Å². The Labute approximate surface area is 150 Å². The van der Waals surface area contributed by atoms with Crippen molar-refractivity contribution < 1.29 is 4.42 Å². The Morgan fingerprint density at radius 1 is 1.04 bits per heavy atom. The van der Waals surface area contributed by atoms with Crippen LogP contribution in [0.4, 0.5) is 0 Å². The van der Waals surface area contributed by atoms with Gasteiger partial charge in [0, 0.05) is 0 Å². The van der Waals surface area contributed by atoms with Crippen LogP contribution in [0.25, 0.3) is 11.0 Å². The molecule has 1 heterocycles. The van der Waals surface area contributed by atoms with Gasteiger partial charge in [0.15, 0.2) is 0 Å². The van der Waals surface area contributed by atoms with Gasteiger partial charge in [0.2, 0.25) is 5.43 Å². The predicted octanol–water partition coefficient (Wildman–Crippen LogP) is 5.23. The highest BCUT2D eigenvalue weighted by Crippen LogP contribution is 2.40. The van der Waals surface area contributed by atoms with Crippen LogP contribution in [0.2, 0.25) is 16.6 Å². The van der Waals surface area contributed by atoms with Crippen molar-refractivity contribution in [3.8, 4) is 17.5 Å². The first-order valence-corrected chi connectivity index (χ1v) is 11.0. The summed E-state index contributed by atoms with van der Waals surface area (Å²) in [5.41, 5.74) is 6.18. The second kappa shape index (κ2) is 7.29. The molecule has 1 aromatic heterocycles. The van der Waals surface area contributed by atoms with Crippen LogP contribution in [0.15, 0.2) is 33.7 Å². The molecular formula is C21H25NO2Si. The number of hydrogen-bond acceptors (Lipinski definition) is 3. The molecule has 0 fully saturated rings. The maximum Gasteiger partial charge on any atom is 0.208 e. The summed E-state index contributed by atoms with van der Waals surface area (Å²) >= 11 is 0. The van der Waals surface area contributed by atoms with Crippen LogP contribution in [0.3, 0.4) is 0 Å². The fourth-order valence-electron chi connectivity index (χ4n) is 3.90. The molecule has 25 heavy (non-hydrogen) atoms. The summed E-state index contributed by atoms with van der Waals surface area (Å²) in [6.45, 7) is 13.4. The van der Waals surface area contributed by atoms with Gasteiger partial charge < -0.3 is 4.42 Å². The van der Waals surface area contributed by atoms with Crippen LogP contribution >= 0.6 is 0 Å². The normalized spacial score (nSPS) is 11.7. The van der Waals surface area contributed by atoms with E-state index in [1.54, 1.807) is 18.2 Å². The monoisotopic (exact) mass is 351 g/mol. The maximum atomic E-state index is 12.8. The fraction of sp³-hybridized carbons (Fsp3) is 0.429. The van der Waals surface area contributed by atoms with Gasteiger partial charge >= 0.3 is 0 Å². The minimum Gasteiger partial charge on any atom is -0.463 e. The molecule has 0 saturated carbocycles. The molecule has 0 saturated heterocycles. The lowest BCUT2D eigenvalue weighted by atomic mass is 10.1. The second-order valence-corrected chi connectivity index (χ2v) is 13.0. The molecule has 0 amide bonds. The van der Waals surface area contributed by atoms with Gasteiger partial charge in [-0.2, -0.15) is 5.26 Å². The number of rotatable bonds is 3. The third kappa shape index (κ3) is 3.41. The van der Waals surface area contributed by atoms with Crippen LogP contribution in [0.5, 0.6) is 0 Å². The smallest absolute Gasteiger partial charge is 0.208 e. The minimum absolute atomic E-state index is 0.162. The van der Waals surface area contributed by atoms with E-state index in [4.69, 9.17) is 9.68 Å². The van der Waals surface area contributed by atoms with Gasteiger partial charge in [-0.3, -0.25) is 4.79 Å². The van der Waals surface area contributed by atoms with Crippen molar-refractivity contribution in [3.63, 3.8) is 0 Å².